The molecule has 9 nitrogen and oxygen atoms in total. The van der Waals surface area contributed by atoms with E-state index >= 15 is 0 Å². The smallest absolute Gasteiger partial charge is 0.371 e. The molecule has 3 aromatic rings. The second-order valence-electron chi connectivity index (χ2n) is 8.34. The van der Waals surface area contributed by atoms with Gasteiger partial charge in [0.1, 0.15) is 6.04 Å². The molecule has 0 spiro atoms. The molecule has 1 heterocycles. The fraction of sp³-hybridized carbons (Fsp3) is 0.360. The van der Waals surface area contributed by atoms with E-state index in [0.29, 0.717) is 18.1 Å². The highest BCUT2D eigenvalue weighted by molar-refractivity contribution is 7.15. The summed E-state index contributed by atoms with van der Waals surface area (Å²) in [5.74, 6) is -2.65. The quantitative estimate of drug-likeness (QED) is 0.267. The highest BCUT2D eigenvalue weighted by atomic mass is 32.1. The van der Waals surface area contributed by atoms with Gasteiger partial charge in [-0.3, -0.25) is 9.59 Å². The SMILES string of the molecule is CCC(C)[C@@H](N)C(=O)N[C@@H](Cc1cccc2ccccc12)C(=O)NCc1cnc(N)s1.O=C(O)C(F)F. The molecule has 7 N–H and O–H groups in total. The summed E-state index contributed by atoms with van der Waals surface area (Å²) < 4.78 is 21.1. The molecule has 12 heteroatoms. The first-order valence-electron chi connectivity index (χ1n) is 11.5. The number of carboxylic acid groups (broad SMARTS) is 1. The highest BCUT2D eigenvalue weighted by Crippen LogP contribution is 2.20. The van der Waals surface area contributed by atoms with E-state index in [4.69, 9.17) is 21.4 Å². The average molecular weight is 536 g/mol. The molecule has 0 fully saturated rings. The van der Waals surface area contributed by atoms with E-state index in [1.807, 2.05) is 56.3 Å². The van der Waals surface area contributed by atoms with Crippen molar-refractivity contribution in [3.63, 3.8) is 0 Å². The first kappa shape index (κ1) is 29.6. The molecule has 0 radical (unpaired) electrons. The van der Waals surface area contributed by atoms with Gasteiger partial charge in [0.15, 0.2) is 5.13 Å². The van der Waals surface area contributed by atoms with Crippen LogP contribution in [0.3, 0.4) is 0 Å². The zero-order valence-electron chi connectivity index (χ0n) is 20.5. The summed E-state index contributed by atoms with van der Waals surface area (Å²) in [6, 6.07) is 12.5. The van der Waals surface area contributed by atoms with Crippen molar-refractivity contribution in [2.45, 2.75) is 51.7 Å². The monoisotopic (exact) mass is 535 g/mol. The fourth-order valence-corrected chi connectivity index (χ4v) is 4.01. The molecular weight excluding hydrogens is 504 g/mol. The Morgan fingerprint density at radius 3 is 2.35 bits per heavy atom. The molecule has 2 amide bonds. The number of anilines is 1. The van der Waals surface area contributed by atoms with Gasteiger partial charge < -0.3 is 27.2 Å². The summed E-state index contributed by atoms with van der Waals surface area (Å²) >= 11 is 1.32. The molecule has 37 heavy (non-hydrogen) atoms. The van der Waals surface area contributed by atoms with Crippen LogP contribution in [0.25, 0.3) is 10.8 Å². The number of nitrogens with zero attached hydrogens (tertiary/aromatic N) is 1. The van der Waals surface area contributed by atoms with Crippen LogP contribution in [-0.2, 0) is 27.3 Å². The molecule has 0 bridgehead atoms. The number of nitrogen functional groups attached to an aromatic ring is 1. The summed E-state index contributed by atoms with van der Waals surface area (Å²) in [6.07, 6.45) is -0.458. The number of thiazole rings is 1. The number of carbonyl (C=O) groups is 3. The zero-order chi connectivity index (χ0) is 27.5. The van der Waals surface area contributed by atoms with E-state index in [1.165, 1.54) is 11.3 Å². The highest BCUT2D eigenvalue weighted by Gasteiger charge is 2.27. The lowest BCUT2D eigenvalue weighted by atomic mass is 9.96. The lowest BCUT2D eigenvalue weighted by Crippen LogP contribution is -2.53. The van der Waals surface area contributed by atoms with Crippen LogP contribution in [0.2, 0.25) is 0 Å². The number of nitrogens with two attached hydrogens (primary N) is 2. The third-order valence-corrected chi connectivity index (χ3v) is 6.52. The summed E-state index contributed by atoms with van der Waals surface area (Å²) in [4.78, 5) is 39.6. The van der Waals surface area contributed by atoms with E-state index in [-0.39, 0.29) is 17.7 Å². The van der Waals surface area contributed by atoms with Gasteiger partial charge >= 0.3 is 12.4 Å². The third-order valence-electron chi connectivity index (χ3n) is 5.69. The van der Waals surface area contributed by atoms with Gasteiger partial charge in [0.05, 0.1) is 12.6 Å². The van der Waals surface area contributed by atoms with Gasteiger partial charge in [0, 0.05) is 17.5 Å². The minimum Gasteiger partial charge on any atom is -0.477 e. The van der Waals surface area contributed by atoms with Crippen molar-refractivity contribution in [3.05, 3.63) is 59.1 Å². The van der Waals surface area contributed by atoms with Crippen molar-refractivity contribution in [1.82, 2.24) is 15.6 Å². The Morgan fingerprint density at radius 1 is 1.11 bits per heavy atom. The van der Waals surface area contributed by atoms with E-state index in [1.54, 1.807) is 6.20 Å². The summed E-state index contributed by atoms with van der Waals surface area (Å²) in [5.41, 5.74) is 12.8. The number of carboxylic acids is 1. The van der Waals surface area contributed by atoms with Crippen molar-refractivity contribution < 1.29 is 28.3 Å². The van der Waals surface area contributed by atoms with Crippen molar-refractivity contribution in [2.75, 3.05) is 5.73 Å². The molecule has 1 aromatic heterocycles. The minimum absolute atomic E-state index is 0.0152. The molecule has 0 saturated heterocycles. The zero-order valence-corrected chi connectivity index (χ0v) is 21.3. The second kappa shape index (κ2) is 14.2. The van der Waals surface area contributed by atoms with Crippen LogP contribution in [0, 0.1) is 5.92 Å². The number of hydrogen-bond donors (Lipinski definition) is 5. The maximum atomic E-state index is 13.0. The first-order valence-corrected chi connectivity index (χ1v) is 12.4. The number of aliphatic carboxylic acids is 1. The van der Waals surface area contributed by atoms with Crippen LogP contribution in [0.1, 0.15) is 30.7 Å². The molecule has 0 aliphatic heterocycles. The normalized spacial score (nSPS) is 13.2. The number of alkyl halides is 2. The van der Waals surface area contributed by atoms with Crippen molar-refractivity contribution in [2.24, 2.45) is 11.7 Å². The molecule has 3 rings (SSSR count). The lowest BCUT2D eigenvalue weighted by Gasteiger charge is -2.23. The van der Waals surface area contributed by atoms with Crippen LogP contribution in [0.5, 0.6) is 0 Å². The Bertz CT molecular complexity index is 1200. The van der Waals surface area contributed by atoms with Crippen LogP contribution in [0.4, 0.5) is 13.9 Å². The van der Waals surface area contributed by atoms with Crippen molar-refractivity contribution >= 4 is 45.0 Å². The summed E-state index contributed by atoms with van der Waals surface area (Å²) in [6.45, 7) is 4.21. The van der Waals surface area contributed by atoms with Crippen molar-refractivity contribution in [1.29, 1.82) is 0 Å². The standard InChI is InChI=1S/C23H29N5O2S.C2H2F2O2/c1-3-14(2)20(24)22(30)28-19(21(29)26-12-17-13-27-23(25)31-17)11-16-9-6-8-15-7-4-5-10-18(15)16;3-1(4)2(5)6/h4-10,13-14,19-20H,3,11-12,24H2,1-2H3,(H2,25,27)(H,26,29)(H,28,30);1H,(H,5,6)/t14?,19-,20+;/m0./s1. The summed E-state index contributed by atoms with van der Waals surface area (Å²) in [5, 5.41) is 15.6. The Hall–Kier alpha value is -3.64. The molecule has 1 unspecified atom stereocenters. The van der Waals surface area contributed by atoms with E-state index in [2.05, 4.69) is 15.6 Å². The third kappa shape index (κ3) is 9.07. The van der Waals surface area contributed by atoms with Gasteiger partial charge in [-0.05, 0) is 22.3 Å². The summed E-state index contributed by atoms with van der Waals surface area (Å²) in [7, 11) is 0. The Morgan fingerprint density at radius 2 is 1.76 bits per heavy atom. The predicted octanol–water partition coefficient (Wildman–Crippen LogP) is 2.93. The van der Waals surface area contributed by atoms with E-state index in [9.17, 15) is 18.4 Å². The van der Waals surface area contributed by atoms with Crippen LogP contribution in [-0.4, -0.2) is 46.4 Å². The number of halogens is 2. The van der Waals surface area contributed by atoms with E-state index < -0.39 is 24.5 Å². The number of fused-ring (bicyclic) bond motifs is 1. The average Bonchev–Trinajstić information content (AvgIpc) is 3.31. The first-order chi connectivity index (χ1) is 17.5. The van der Waals surface area contributed by atoms with Crippen LogP contribution < -0.4 is 22.1 Å². The Kier molecular flexibility index (Phi) is 11.3. The van der Waals surface area contributed by atoms with E-state index in [0.717, 1.165) is 27.6 Å². The largest absolute Gasteiger partial charge is 0.477 e. The number of hydrogen-bond acceptors (Lipinski definition) is 7. The number of benzene rings is 2. The van der Waals surface area contributed by atoms with Gasteiger partial charge in [-0.1, -0.05) is 62.7 Å². The maximum Gasteiger partial charge on any atom is 0.371 e. The molecule has 0 aliphatic carbocycles. The maximum absolute atomic E-state index is 13.0. The van der Waals surface area contributed by atoms with Crippen LogP contribution in [0.15, 0.2) is 48.7 Å². The van der Waals surface area contributed by atoms with Gasteiger partial charge in [-0.2, -0.15) is 8.78 Å². The predicted molar refractivity (Wildman–Crippen MR) is 139 cm³/mol. The number of rotatable bonds is 10. The van der Waals surface area contributed by atoms with Gasteiger partial charge in [0.25, 0.3) is 0 Å². The van der Waals surface area contributed by atoms with Crippen LogP contribution >= 0.6 is 11.3 Å². The number of aromatic nitrogens is 1. The van der Waals surface area contributed by atoms with Gasteiger partial charge in [-0.15, -0.1) is 11.3 Å². The fourth-order valence-electron chi connectivity index (χ4n) is 3.38. The van der Waals surface area contributed by atoms with Crippen molar-refractivity contribution in [3.8, 4) is 0 Å². The molecule has 3 atom stereocenters. The van der Waals surface area contributed by atoms with Gasteiger partial charge in [0.2, 0.25) is 11.8 Å². The molecule has 2 aromatic carbocycles. The number of carbonyl (C=O) groups excluding carboxylic acids is 2. The number of nitrogens with one attached hydrogen (secondary N) is 2. The molecule has 200 valence electrons. The second-order valence-corrected chi connectivity index (χ2v) is 9.48. The molecule has 0 aliphatic rings. The Labute approximate surface area is 217 Å². The topological polar surface area (TPSA) is 160 Å². The van der Waals surface area contributed by atoms with Gasteiger partial charge in [-0.25, -0.2) is 9.78 Å². The minimum atomic E-state index is -3.23. The molecule has 0 saturated carbocycles. The molecular formula is C25H31F2N5O4S. The lowest BCUT2D eigenvalue weighted by molar-refractivity contribution is -0.149. The number of amides is 2. The Balaban J connectivity index is 0.000000717.